The molecule has 0 N–H and O–H groups in total. The van der Waals surface area contributed by atoms with Crippen LogP contribution < -0.4 is 0 Å². The zero-order chi connectivity index (χ0) is 13.8. The van der Waals surface area contributed by atoms with Crippen molar-refractivity contribution in [1.29, 1.82) is 5.26 Å². The number of hydrogen-bond acceptors (Lipinski definition) is 2. The summed E-state index contributed by atoms with van der Waals surface area (Å²) in [5.41, 5.74) is 0.743. The van der Waals surface area contributed by atoms with Crippen LogP contribution in [-0.4, -0.2) is 4.21 Å². The van der Waals surface area contributed by atoms with Gasteiger partial charge in [-0.2, -0.15) is 5.26 Å². The summed E-state index contributed by atoms with van der Waals surface area (Å²) in [6, 6.07) is 12.5. The molecular formula is C14H9ClFNOS. The van der Waals surface area contributed by atoms with E-state index in [1.165, 1.54) is 12.1 Å². The maximum atomic E-state index is 13.3. The molecule has 2 aromatic carbocycles. The molecule has 5 heteroatoms. The van der Waals surface area contributed by atoms with E-state index in [9.17, 15) is 8.60 Å². The lowest BCUT2D eigenvalue weighted by molar-refractivity contribution is 0.625. The normalized spacial score (nSPS) is 11.8. The van der Waals surface area contributed by atoms with E-state index in [-0.39, 0.29) is 11.3 Å². The largest absolute Gasteiger partial charge is 0.254 e. The summed E-state index contributed by atoms with van der Waals surface area (Å²) >= 11 is 5.83. The third-order valence-electron chi connectivity index (χ3n) is 2.44. The van der Waals surface area contributed by atoms with Gasteiger partial charge < -0.3 is 0 Å². The summed E-state index contributed by atoms with van der Waals surface area (Å²) in [5, 5.41) is 9.27. The van der Waals surface area contributed by atoms with Crippen molar-refractivity contribution >= 4 is 22.4 Å². The molecule has 2 rings (SSSR count). The van der Waals surface area contributed by atoms with Gasteiger partial charge in [-0.3, -0.25) is 4.21 Å². The molecule has 0 aliphatic rings. The van der Waals surface area contributed by atoms with Gasteiger partial charge in [-0.1, -0.05) is 17.7 Å². The Morgan fingerprint density at radius 1 is 1.26 bits per heavy atom. The fourth-order valence-electron chi connectivity index (χ4n) is 1.64. The molecule has 0 amide bonds. The number of hydrogen-bond donors (Lipinski definition) is 0. The highest BCUT2D eigenvalue weighted by Gasteiger charge is 2.08. The van der Waals surface area contributed by atoms with Crippen LogP contribution >= 0.6 is 11.6 Å². The molecule has 1 atom stereocenters. The number of rotatable bonds is 3. The van der Waals surface area contributed by atoms with Gasteiger partial charge in [-0.15, -0.1) is 0 Å². The lowest BCUT2D eigenvalue weighted by Crippen LogP contribution is -1.98. The Kier molecular flexibility index (Phi) is 4.31. The fraction of sp³-hybridized carbons (Fsp3) is 0.0714. The SMILES string of the molecule is N#Cc1cc(F)cc(CS(=O)c2cccc(Cl)c2)c1. The Morgan fingerprint density at radius 3 is 2.74 bits per heavy atom. The molecule has 2 aromatic rings. The first-order chi connectivity index (χ1) is 9.08. The highest BCUT2D eigenvalue weighted by Crippen LogP contribution is 2.18. The minimum atomic E-state index is -1.32. The minimum absolute atomic E-state index is 0.146. The van der Waals surface area contributed by atoms with Gasteiger partial charge in [0.25, 0.3) is 0 Å². The first-order valence-electron chi connectivity index (χ1n) is 5.42. The standard InChI is InChI=1S/C14H9ClFNOS/c15-12-2-1-3-14(7-12)19(18)9-11-4-10(8-17)5-13(16)6-11/h1-7H,9H2. The minimum Gasteiger partial charge on any atom is -0.254 e. The molecular weight excluding hydrogens is 285 g/mol. The molecule has 0 aromatic heterocycles. The van der Waals surface area contributed by atoms with Crippen molar-refractivity contribution < 1.29 is 8.60 Å². The van der Waals surface area contributed by atoms with Gasteiger partial charge in [-0.05, 0) is 42.0 Å². The first-order valence-corrected chi connectivity index (χ1v) is 7.11. The van der Waals surface area contributed by atoms with Crippen molar-refractivity contribution in [2.75, 3.05) is 0 Å². The van der Waals surface area contributed by atoms with Crippen molar-refractivity contribution in [3.05, 3.63) is 64.4 Å². The molecule has 0 aliphatic heterocycles. The Balaban J connectivity index is 2.24. The third kappa shape index (κ3) is 3.63. The van der Waals surface area contributed by atoms with Crippen LogP contribution in [0.3, 0.4) is 0 Å². The maximum absolute atomic E-state index is 13.3. The van der Waals surface area contributed by atoms with Gasteiger partial charge >= 0.3 is 0 Å². The van der Waals surface area contributed by atoms with Crippen LogP contribution in [0.25, 0.3) is 0 Å². The van der Waals surface area contributed by atoms with Gasteiger partial charge in [0.15, 0.2) is 0 Å². The summed E-state index contributed by atoms with van der Waals surface area (Å²) in [6.07, 6.45) is 0. The smallest absolute Gasteiger partial charge is 0.124 e. The summed E-state index contributed by atoms with van der Waals surface area (Å²) < 4.78 is 25.4. The number of nitriles is 1. The van der Waals surface area contributed by atoms with Gasteiger partial charge in [0, 0.05) is 9.92 Å². The second kappa shape index (κ2) is 5.96. The van der Waals surface area contributed by atoms with Crippen molar-refractivity contribution in [2.45, 2.75) is 10.6 Å². The Bertz CT molecular complexity index is 681. The van der Waals surface area contributed by atoms with Crippen LogP contribution in [0.5, 0.6) is 0 Å². The molecule has 2 nitrogen and oxygen atoms in total. The summed E-state index contributed by atoms with van der Waals surface area (Å²) in [4.78, 5) is 0.579. The Hall–Kier alpha value is -1.70. The topological polar surface area (TPSA) is 40.9 Å². The average Bonchev–Trinajstić information content (AvgIpc) is 2.38. The summed E-state index contributed by atoms with van der Waals surface area (Å²) in [7, 11) is -1.32. The Morgan fingerprint density at radius 2 is 2.05 bits per heavy atom. The van der Waals surface area contributed by atoms with Crippen molar-refractivity contribution in [1.82, 2.24) is 0 Å². The van der Waals surface area contributed by atoms with Crippen LogP contribution in [0.2, 0.25) is 5.02 Å². The molecule has 0 heterocycles. The van der Waals surface area contributed by atoms with E-state index in [2.05, 4.69) is 0 Å². The van der Waals surface area contributed by atoms with Crippen molar-refractivity contribution in [2.24, 2.45) is 0 Å². The first kappa shape index (κ1) is 13.7. The lowest BCUT2D eigenvalue weighted by atomic mass is 10.1. The predicted molar refractivity (Wildman–Crippen MR) is 72.7 cm³/mol. The van der Waals surface area contributed by atoms with E-state index >= 15 is 0 Å². The molecule has 96 valence electrons. The van der Waals surface area contributed by atoms with E-state index in [4.69, 9.17) is 16.9 Å². The van der Waals surface area contributed by atoms with Gasteiger partial charge in [0.2, 0.25) is 0 Å². The second-order valence-corrected chi connectivity index (χ2v) is 5.79. The van der Waals surface area contributed by atoms with Crippen LogP contribution in [0.4, 0.5) is 4.39 Å². The maximum Gasteiger partial charge on any atom is 0.124 e. The third-order valence-corrected chi connectivity index (χ3v) is 4.05. The molecule has 0 saturated carbocycles. The van der Waals surface area contributed by atoms with Gasteiger partial charge in [0.05, 0.1) is 28.2 Å². The molecule has 0 aliphatic carbocycles. The highest BCUT2D eigenvalue weighted by atomic mass is 35.5. The van der Waals surface area contributed by atoms with Crippen LogP contribution in [0, 0.1) is 17.1 Å². The summed E-state index contributed by atoms with van der Waals surface area (Å²) in [6.45, 7) is 0. The monoisotopic (exact) mass is 293 g/mol. The van der Waals surface area contributed by atoms with E-state index in [0.717, 1.165) is 6.07 Å². The quantitative estimate of drug-likeness (QED) is 0.866. The number of benzene rings is 2. The molecule has 19 heavy (non-hydrogen) atoms. The van der Waals surface area contributed by atoms with E-state index in [0.29, 0.717) is 15.5 Å². The second-order valence-electron chi connectivity index (χ2n) is 3.91. The van der Waals surface area contributed by atoms with E-state index < -0.39 is 16.6 Å². The van der Waals surface area contributed by atoms with Crippen molar-refractivity contribution in [3.63, 3.8) is 0 Å². The average molecular weight is 294 g/mol. The molecule has 0 spiro atoms. The van der Waals surface area contributed by atoms with Gasteiger partial charge in [-0.25, -0.2) is 4.39 Å². The molecule has 0 bridgehead atoms. The zero-order valence-electron chi connectivity index (χ0n) is 9.77. The molecule has 0 saturated heterocycles. The Labute approximate surface area is 117 Å². The lowest BCUT2D eigenvalue weighted by Gasteiger charge is -2.04. The van der Waals surface area contributed by atoms with E-state index in [1.807, 2.05) is 6.07 Å². The molecule has 1 unspecified atom stereocenters. The predicted octanol–water partition coefficient (Wildman–Crippen LogP) is 3.66. The van der Waals surface area contributed by atoms with Crippen LogP contribution in [0.15, 0.2) is 47.4 Å². The van der Waals surface area contributed by atoms with Crippen LogP contribution in [0.1, 0.15) is 11.1 Å². The molecule has 0 fully saturated rings. The fourth-order valence-corrected chi connectivity index (χ4v) is 3.02. The highest BCUT2D eigenvalue weighted by molar-refractivity contribution is 7.84. The van der Waals surface area contributed by atoms with Gasteiger partial charge in [0.1, 0.15) is 5.82 Å². The summed E-state index contributed by atoms with van der Waals surface area (Å²) in [5.74, 6) is -0.357. The zero-order valence-corrected chi connectivity index (χ0v) is 11.3. The number of nitrogens with zero attached hydrogens (tertiary/aromatic N) is 1. The van der Waals surface area contributed by atoms with Crippen LogP contribution in [-0.2, 0) is 16.6 Å². The van der Waals surface area contributed by atoms with E-state index in [1.54, 1.807) is 24.3 Å². The van der Waals surface area contributed by atoms with Crippen molar-refractivity contribution in [3.8, 4) is 6.07 Å². The number of halogens is 2. The molecule has 0 radical (unpaired) electrons.